The number of hydrogen-bond acceptors (Lipinski definition) is 2. The van der Waals surface area contributed by atoms with Crippen molar-refractivity contribution in [3.63, 3.8) is 0 Å². The summed E-state index contributed by atoms with van der Waals surface area (Å²) in [5.41, 5.74) is 2.64. The van der Waals surface area contributed by atoms with Gasteiger partial charge in [0.1, 0.15) is 5.82 Å². The standard InChI is InChI=1S/C18H18FNS/c1-18(2,3)15-4-6-17(7-5-15)21-12-14-8-13(11-20)9-16(19)10-14/h4-10H,12H2,1-3H3. The first-order valence-electron chi connectivity index (χ1n) is 6.81. The topological polar surface area (TPSA) is 23.8 Å². The van der Waals surface area contributed by atoms with Crippen LogP contribution in [-0.4, -0.2) is 0 Å². The molecule has 0 amide bonds. The Kier molecular flexibility index (Phi) is 4.69. The van der Waals surface area contributed by atoms with Crippen LogP contribution in [0.5, 0.6) is 0 Å². The molecule has 0 N–H and O–H groups in total. The van der Waals surface area contributed by atoms with Crippen molar-refractivity contribution < 1.29 is 4.39 Å². The van der Waals surface area contributed by atoms with Crippen molar-refractivity contribution in [1.29, 1.82) is 5.26 Å². The van der Waals surface area contributed by atoms with Crippen LogP contribution in [0.4, 0.5) is 4.39 Å². The number of nitrogens with zero attached hydrogens (tertiary/aromatic N) is 1. The minimum absolute atomic E-state index is 0.146. The van der Waals surface area contributed by atoms with Crippen molar-refractivity contribution in [2.45, 2.75) is 36.8 Å². The minimum Gasteiger partial charge on any atom is -0.207 e. The zero-order chi connectivity index (χ0) is 15.5. The predicted octanol–water partition coefficient (Wildman–Crippen LogP) is 5.29. The molecule has 3 heteroatoms. The monoisotopic (exact) mass is 299 g/mol. The van der Waals surface area contributed by atoms with E-state index in [0.717, 1.165) is 10.5 Å². The van der Waals surface area contributed by atoms with Crippen molar-refractivity contribution >= 4 is 11.8 Å². The summed E-state index contributed by atoms with van der Waals surface area (Å²) in [5, 5.41) is 8.86. The molecule has 0 unspecified atom stereocenters. The first-order valence-corrected chi connectivity index (χ1v) is 7.80. The van der Waals surface area contributed by atoms with Crippen LogP contribution in [0.3, 0.4) is 0 Å². The first-order chi connectivity index (χ1) is 9.88. The average Bonchev–Trinajstić information content (AvgIpc) is 2.44. The fourth-order valence-corrected chi connectivity index (χ4v) is 2.84. The summed E-state index contributed by atoms with van der Waals surface area (Å²) in [6.07, 6.45) is 0. The van der Waals surface area contributed by atoms with Crippen molar-refractivity contribution in [2.24, 2.45) is 0 Å². The summed E-state index contributed by atoms with van der Waals surface area (Å²) in [5.74, 6) is 0.300. The molecule has 108 valence electrons. The number of nitriles is 1. The maximum Gasteiger partial charge on any atom is 0.124 e. The van der Waals surface area contributed by atoms with Gasteiger partial charge in [0.05, 0.1) is 11.6 Å². The lowest BCUT2D eigenvalue weighted by atomic mass is 9.87. The van der Waals surface area contributed by atoms with Gasteiger partial charge in [-0.3, -0.25) is 0 Å². The van der Waals surface area contributed by atoms with Gasteiger partial charge in [0.15, 0.2) is 0 Å². The largest absolute Gasteiger partial charge is 0.207 e. The van der Waals surface area contributed by atoms with Gasteiger partial charge in [0, 0.05) is 10.6 Å². The number of hydrogen-bond donors (Lipinski definition) is 0. The SMILES string of the molecule is CC(C)(C)c1ccc(SCc2cc(F)cc(C#N)c2)cc1. The third-order valence-electron chi connectivity index (χ3n) is 3.21. The summed E-state index contributed by atoms with van der Waals surface area (Å²) in [6, 6.07) is 14.9. The summed E-state index contributed by atoms with van der Waals surface area (Å²) in [4.78, 5) is 1.14. The second-order valence-corrected chi connectivity index (χ2v) is 7.07. The van der Waals surface area contributed by atoms with Crippen LogP contribution in [-0.2, 0) is 11.2 Å². The molecule has 0 aromatic heterocycles. The number of halogens is 1. The normalized spacial score (nSPS) is 11.2. The van der Waals surface area contributed by atoms with E-state index >= 15 is 0 Å². The molecular weight excluding hydrogens is 281 g/mol. The van der Waals surface area contributed by atoms with Gasteiger partial charge in [-0.25, -0.2) is 4.39 Å². The molecule has 0 saturated heterocycles. The molecule has 0 spiro atoms. The van der Waals surface area contributed by atoms with Crippen LogP contribution in [0.2, 0.25) is 0 Å². The van der Waals surface area contributed by atoms with Crippen LogP contribution in [0, 0.1) is 17.1 Å². The molecule has 2 aromatic rings. The van der Waals surface area contributed by atoms with Crippen LogP contribution in [0.1, 0.15) is 37.5 Å². The Morgan fingerprint density at radius 2 is 1.76 bits per heavy atom. The van der Waals surface area contributed by atoms with E-state index in [1.807, 2.05) is 6.07 Å². The van der Waals surface area contributed by atoms with E-state index in [2.05, 4.69) is 45.0 Å². The lowest BCUT2D eigenvalue weighted by Gasteiger charge is -2.19. The fraction of sp³-hybridized carbons (Fsp3) is 0.278. The Morgan fingerprint density at radius 1 is 1.10 bits per heavy atom. The van der Waals surface area contributed by atoms with Crippen LogP contribution in [0.15, 0.2) is 47.4 Å². The summed E-state index contributed by atoms with van der Waals surface area (Å²) >= 11 is 1.64. The third kappa shape index (κ3) is 4.34. The maximum atomic E-state index is 13.4. The van der Waals surface area contributed by atoms with E-state index in [4.69, 9.17) is 5.26 Å². The molecule has 2 aromatic carbocycles. The molecular formula is C18H18FNS. The number of thioether (sulfide) groups is 1. The van der Waals surface area contributed by atoms with Crippen molar-refractivity contribution in [3.8, 4) is 6.07 Å². The Morgan fingerprint density at radius 3 is 2.33 bits per heavy atom. The molecule has 0 atom stereocenters. The van der Waals surface area contributed by atoms with Crippen LogP contribution >= 0.6 is 11.8 Å². The summed E-state index contributed by atoms with van der Waals surface area (Å²) in [7, 11) is 0. The molecule has 0 aliphatic heterocycles. The molecule has 0 aliphatic rings. The second-order valence-electron chi connectivity index (χ2n) is 6.02. The molecule has 21 heavy (non-hydrogen) atoms. The molecule has 0 fully saturated rings. The van der Waals surface area contributed by atoms with Crippen molar-refractivity contribution in [2.75, 3.05) is 0 Å². The van der Waals surface area contributed by atoms with E-state index in [-0.39, 0.29) is 11.2 Å². The average molecular weight is 299 g/mol. The highest BCUT2D eigenvalue weighted by Gasteiger charge is 2.12. The molecule has 0 bridgehead atoms. The molecule has 0 heterocycles. The Balaban J connectivity index is 2.07. The minimum atomic E-state index is -0.354. The highest BCUT2D eigenvalue weighted by atomic mass is 32.2. The van der Waals surface area contributed by atoms with Gasteiger partial charge < -0.3 is 0 Å². The molecule has 0 saturated carbocycles. The van der Waals surface area contributed by atoms with Gasteiger partial charge in [-0.05, 0) is 46.9 Å². The first kappa shape index (κ1) is 15.6. The maximum absolute atomic E-state index is 13.4. The van der Waals surface area contributed by atoms with Crippen LogP contribution < -0.4 is 0 Å². The van der Waals surface area contributed by atoms with Gasteiger partial charge in [-0.15, -0.1) is 11.8 Å². The quantitative estimate of drug-likeness (QED) is 0.719. The Bertz CT molecular complexity index is 663. The van der Waals surface area contributed by atoms with E-state index in [1.165, 1.54) is 17.7 Å². The zero-order valence-corrected chi connectivity index (χ0v) is 13.3. The molecule has 0 aliphatic carbocycles. The number of rotatable bonds is 3. The highest BCUT2D eigenvalue weighted by molar-refractivity contribution is 7.98. The van der Waals surface area contributed by atoms with Gasteiger partial charge in [-0.1, -0.05) is 32.9 Å². The number of benzene rings is 2. The van der Waals surface area contributed by atoms with Gasteiger partial charge in [0.2, 0.25) is 0 Å². The van der Waals surface area contributed by atoms with Gasteiger partial charge >= 0.3 is 0 Å². The van der Waals surface area contributed by atoms with Gasteiger partial charge in [-0.2, -0.15) is 5.26 Å². The van der Waals surface area contributed by atoms with E-state index < -0.39 is 0 Å². The van der Waals surface area contributed by atoms with Crippen molar-refractivity contribution in [3.05, 3.63) is 65.0 Å². The smallest absolute Gasteiger partial charge is 0.124 e. The lowest BCUT2D eigenvalue weighted by molar-refractivity contribution is 0.590. The Labute approximate surface area is 129 Å². The molecule has 1 nitrogen and oxygen atoms in total. The van der Waals surface area contributed by atoms with E-state index in [0.29, 0.717) is 11.3 Å². The second kappa shape index (κ2) is 6.32. The van der Waals surface area contributed by atoms with Crippen LogP contribution in [0.25, 0.3) is 0 Å². The predicted molar refractivity (Wildman–Crippen MR) is 85.8 cm³/mol. The summed E-state index contributed by atoms with van der Waals surface area (Å²) < 4.78 is 13.4. The van der Waals surface area contributed by atoms with E-state index in [9.17, 15) is 4.39 Å². The lowest BCUT2D eigenvalue weighted by Crippen LogP contribution is -2.10. The van der Waals surface area contributed by atoms with Gasteiger partial charge in [0.25, 0.3) is 0 Å². The summed E-state index contributed by atoms with van der Waals surface area (Å²) in [6.45, 7) is 6.56. The zero-order valence-electron chi connectivity index (χ0n) is 12.5. The van der Waals surface area contributed by atoms with Crippen molar-refractivity contribution in [1.82, 2.24) is 0 Å². The Hall–Kier alpha value is -1.79. The van der Waals surface area contributed by atoms with E-state index in [1.54, 1.807) is 17.8 Å². The third-order valence-corrected chi connectivity index (χ3v) is 4.30. The highest BCUT2D eigenvalue weighted by Crippen LogP contribution is 2.27. The molecule has 2 rings (SSSR count). The molecule has 0 radical (unpaired) electrons. The fourth-order valence-electron chi connectivity index (χ4n) is 2.02.